The highest BCUT2D eigenvalue weighted by atomic mass is 79.9. The molecule has 0 aromatic heterocycles. The zero-order valence-electron chi connectivity index (χ0n) is 8.53. The summed E-state index contributed by atoms with van der Waals surface area (Å²) in [6, 6.07) is 4.15. The van der Waals surface area contributed by atoms with Gasteiger partial charge in [-0.05, 0) is 37.6 Å². The van der Waals surface area contributed by atoms with Crippen LogP contribution in [0.5, 0.6) is 5.75 Å². The standard InChI is InChI=1S/C10H9BrClF3O/c1-9(2,12)6-3-7(11)5-8(4-6)16-10(13,14)15/h3-5H,1-2H3. The smallest absolute Gasteiger partial charge is 0.406 e. The van der Waals surface area contributed by atoms with Gasteiger partial charge in [0.05, 0.1) is 4.87 Å². The Morgan fingerprint density at radius 3 is 2.19 bits per heavy atom. The zero-order valence-corrected chi connectivity index (χ0v) is 10.9. The molecule has 6 heteroatoms. The van der Waals surface area contributed by atoms with Gasteiger partial charge >= 0.3 is 6.36 Å². The van der Waals surface area contributed by atoms with Gasteiger partial charge in [-0.2, -0.15) is 0 Å². The number of hydrogen-bond donors (Lipinski definition) is 0. The minimum absolute atomic E-state index is 0.286. The Hall–Kier alpha value is -0.420. The summed E-state index contributed by atoms with van der Waals surface area (Å²) in [5.41, 5.74) is 0.544. The van der Waals surface area contributed by atoms with Crippen molar-refractivity contribution in [2.24, 2.45) is 0 Å². The van der Waals surface area contributed by atoms with E-state index >= 15 is 0 Å². The highest BCUT2D eigenvalue weighted by molar-refractivity contribution is 9.10. The van der Waals surface area contributed by atoms with Gasteiger partial charge in [0.25, 0.3) is 0 Å². The second kappa shape index (κ2) is 4.45. The molecule has 0 atom stereocenters. The molecule has 0 aliphatic heterocycles. The van der Waals surface area contributed by atoms with Crippen molar-refractivity contribution in [2.45, 2.75) is 25.1 Å². The van der Waals surface area contributed by atoms with Crippen LogP contribution in [0, 0.1) is 0 Å². The molecule has 1 nitrogen and oxygen atoms in total. The second-order valence-electron chi connectivity index (χ2n) is 3.70. The van der Waals surface area contributed by atoms with Gasteiger partial charge < -0.3 is 4.74 Å². The van der Waals surface area contributed by atoms with E-state index in [-0.39, 0.29) is 5.75 Å². The molecule has 0 radical (unpaired) electrons. The van der Waals surface area contributed by atoms with Gasteiger partial charge in [0, 0.05) is 4.47 Å². The van der Waals surface area contributed by atoms with Crippen molar-refractivity contribution >= 4 is 27.5 Å². The predicted molar refractivity (Wildman–Crippen MR) is 59.7 cm³/mol. The molecule has 0 N–H and O–H groups in total. The van der Waals surface area contributed by atoms with Gasteiger partial charge in [-0.1, -0.05) is 15.9 Å². The molecule has 0 amide bonds. The Balaban J connectivity index is 3.09. The van der Waals surface area contributed by atoms with Gasteiger partial charge in [-0.3, -0.25) is 0 Å². The summed E-state index contributed by atoms with van der Waals surface area (Å²) < 4.78 is 40.4. The van der Waals surface area contributed by atoms with E-state index in [0.29, 0.717) is 10.0 Å². The van der Waals surface area contributed by atoms with Crippen LogP contribution < -0.4 is 4.74 Å². The van der Waals surface area contributed by atoms with Crippen LogP contribution in [0.25, 0.3) is 0 Å². The van der Waals surface area contributed by atoms with Crippen molar-refractivity contribution in [3.05, 3.63) is 28.2 Å². The lowest BCUT2D eigenvalue weighted by atomic mass is 10.0. The van der Waals surface area contributed by atoms with E-state index in [1.165, 1.54) is 12.1 Å². The molecule has 0 heterocycles. The zero-order chi connectivity index (χ0) is 12.6. The highest BCUT2D eigenvalue weighted by Crippen LogP contribution is 2.34. The largest absolute Gasteiger partial charge is 0.573 e. The summed E-state index contributed by atoms with van der Waals surface area (Å²) in [5, 5.41) is 0. The monoisotopic (exact) mass is 316 g/mol. The van der Waals surface area contributed by atoms with Crippen LogP contribution in [0.15, 0.2) is 22.7 Å². The third kappa shape index (κ3) is 4.22. The fourth-order valence-corrected chi connectivity index (χ4v) is 1.68. The van der Waals surface area contributed by atoms with Crippen molar-refractivity contribution in [1.29, 1.82) is 0 Å². The molecule has 1 aromatic carbocycles. The summed E-state index contributed by atoms with van der Waals surface area (Å²) in [7, 11) is 0. The molecule has 0 fully saturated rings. The first-order chi connectivity index (χ1) is 7.08. The maximum absolute atomic E-state index is 12.0. The van der Waals surface area contributed by atoms with Crippen LogP contribution >= 0.6 is 27.5 Å². The first kappa shape index (κ1) is 13.6. The maximum atomic E-state index is 12.0. The quantitative estimate of drug-likeness (QED) is 0.710. The van der Waals surface area contributed by atoms with E-state index in [2.05, 4.69) is 20.7 Å². The fourth-order valence-electron chi connectivity index (χ4n) is 1.10. The number of ether oxygens (including phenoxy) is 1. The third-order valence-corrected chi connectivity index (χ3v) is 2.47. The topological polar surface area (TPSA) is 9.23 Å². The molecular formula is C10H9BrClF3O. The molecule has 0 unspecified atom stereocenters. The lowest BCUT2D eigenvalue weighted by Crippen LogP contribution is -2.18. The van der Waals surface area contributed by atoms with Crippen LogP contribution in [-0.4, -0.2) is 6.36 Å². The molecule has 0 aliphatic rings. The average Bonchev–Trinajstić information content (AvgIpc) is 1.97. The van der Waals surface area contributed by atoms with E-state index < -0.39 is 11.2 Å². The molecule has 0 spiro atoms. The first-order valence-corrected chi connectivity index (χ1v) is 5.51. The van der Waals surface area contributed by atoms with Gasteiger partial charge in [-0.25, -0.2) is 0 Å². The molecule has 0 saturated heterocycles. The van der Waals surface area contributed by atoms with Crippen LogP contribution in [0.4, 0.5) is 13.2 Å². The first-order valence-electron chi connectivity index (χ1n) is 4.34. The van der Waals surface area contributed by atoms with Gasteiger partial charge in [0.2, 0.25) is 0 Å². The Morgan fingerprint density at radius 1 is 1.19 bits per heavy atom. The van der Waals surface area contributed by atoms with Crippen molar-refractivity contribution in [2.75, 3.05) is 0 Å². The number of halogens is 5. The molecular weight excluding hydrogens is 308 g/mol. The second-order valence-corrected chi connectivity index (χ2v) is 5.56. The predicted octanol–water partition coefficient (Wildman–Crippen LogP) is 4.82. The summed E-state index contributed by atoms with van der Waals surface area (Å²) in [5.74, 6) is -0.286. The van der Waals surface area contributed by atoms with Gasteiger partial charge in [0.15, 0.2) is 0 Å². The fraction of sp³-hybridized carbons (Fsp3) is 0.400. The van der Waals surface area contributed by atoms with E-state index in [4.69, 9.17) is 11.6 Å². The van der Waals surface area contributed by atoms with Crippen molar-refractivity contribution < 1.29 is 17.9 Å². The van der Waals surface area contributed by atoms with Crippen molar-refractivity contribution in [3.8, 4) is 5.75 Å². The normalized spacial score (nSPS) is 12.7. The Kier molecular flexibility index (Phi) is 3.80. The van der Waals surface area contributed by atoms with E-state index in [0.717, 1.165) is 0 Å². The molecule has 90 valence electrons. The molecule has 1 aromatic rings. The van der Waals surface area contributed by atoms with E-state index in [9.17, 15) is 13.2 Å². The Labute approximate surface area is 105 Å². The number of alkyl halides is 4. The lowest BCUT2D eigenvalue weighted by Gasteiger charge is -2.18. The average molecular weight is 318 g/mol. The minimum Gasteiger partial charge on any atom is -0.406 e. The van der Waals surface area contributed by atoms with Crippen molar-refractivity contribution in [1.82, 2.24) is 0 Å². The van der Waals surface area contributed by atoms with Crippen molar-refractivity contribution in [3.63, 3.8) is 0 Å². The molecule has 1 rings (SSSR count). The summed E-state index contributed by atoms with van der Waals surface area (Å²) in [4.78, 5) is -0.756. The molecule has 16 heavy (non-hydrogen) atoms. The van der Waals surface area contributed by atoms with Crippen LogP contribution in [0.1, 0.15) is 19.4 Å². The summed E-state index contributed by atoms with van der Waals surface area (Å²) in [6.45, 7) is 3.38. The third-order valence-electron chi connectivity index (χ3n) is 1.79. The number of rotatable bonds is 2. The number of hydrogen-bond acceptors (Lipinski definition) is 1. The van der Waals surface area contributed by atoms with Crippen LogP contribution in [0.3, 0.4) is 0 Å². The Morgan fingerprint density at radius 2 is 1.75 bits per heavy atom. The van der Waals surface area contributed by atoms with E-state index in [1.54, 1.807) is 19.9 Å². The number of benzene rings is 1. The summed E-state index contributed by atoms with van der Waals surface area (Å²) in [6.07, 6.45) is -4.70. The summed E-state index contributed by atoms with van der Waals surface area (Å²) >= 11 is 9.12. The SMILES string of the molecule is CC(C)(Cl)c1cc(Br)cc(OC(F)(F)F)c1. The molecule has 0 aliphatic carbocycles. The van der Waals surface area contributed by atoms with Gasteiger partial charge in [0.1, 0.15) is 5.75 Å². The van der Waals surface area contributed by atoms with Gasteiger partial charge in [-0.15, -0.1) is 24.8 Å². The lowest BCUT2D eigenvalue weighted by molar-refractivity contribution is -0.274. The van der Waals surface area contributed by atoms with Crippen LogP contribution in [-0.2, 0) is 4.87 Å². The van der Waals surface area contributed by atoms with Crippen LogP contribution in [0.2, 0.25) is 0 Å². The van der Waals surface area contributed by atoms with E-state index in [1.807, 2.05) is 0 Å². The molecule has 0 saturated carbocycles. The minimum atomic E-state index is -4.70. The molecule has 0 bridgehead atoms. The highest BCUT2D eigenvalue weighted by Gasteiger charge is 2.31. The Bertz CT molecular complexity index is 385. The maximum Gasteiger partial charge on any atom is 0.573 e.